The van der Waals surface area contributed by atoms with Gasteiger partial charge in [-0.2, -0.15) is 0 Å². The fourth-order valence-electron chi connectivity index (χ4n) is 2.33. The highest BCUT2D eigenvalue weighted by molar-refractivity contribution is 6.33. The van der Waals surface area contributed by atoms with Gasteiger partial charge in [-0.15, -0.1) is 12.4 Å². The van der Waals surface area contributed by atoms with E-state index in [9.17, 15) is 14.9 Å². The Kier molecular flexibility index (Phi) is 7.16. The van der Waals surface area contributed by atoms with Gasteiger partial charge in [-0.05, 0) is 41.9 Å². The molecular formula is C16H16Cl2N2O4. The van der Waals surface area contributed by atoms with E-state index in [4.69, 9.17) is 22.4 Å². The summed E-state index contributed by atoms with van der Waals surface area (Å²) in [6.45, 7) is 0.202. The standard InChI is InChI=1S/C16H15ClN2O4.ClH/c17-15-6-3-11(12(9-18)8-16(20)21)7-14(15)10-1-4-13(5-2-10)19(22)23;/h1-7,12H,8-9,18H2,(H,20,21);1H/t12-;/m0./s1. The monoisotopic (exact) mass is 370 g/mol. The molecule has 3 N–H and O–H groups in total. The first-order chi connectivity index (χ1) is 10.9. The molecule has 0 saturated heterocycles. The Morgan fingerprint density at radius 2 is 1.88 bits per heavy atom. The van der Waals surface area contributed by atoms with Crippen molar-refractivity contribution >= 4 is 35.7 Å². The van der Waals surface area contributed by atoms with Gasteiger partial charge in [-0.25, -0.2) is 0 Å². The first-order valence-electron chi connectivity index (χ1n) is 6.88. The van der Waals surface area contributed by atoms with E-state index in [0.717, 1.165) is 5.56 Å². The van der Waals surface area contributed by atoms with Gasteiger partial charge >= 0.3 is 5.97 Å². The van der Waals surface area contributed by atoms with Gasteiger partial charge in [-0.1, -0.05) is 17.7 Å². The van der Waals surface area contributed by atoms with E-state index < -0.39 is 10.9 Å². The normalized spacial score (nSPS) is 11.4. The maximum absolute atomic E-state index is 10.9. The molecule has 0 aliphatic carbocycles. The molecule has 0 spiro atoms. The fraction of sp³-hybridized carbons (Fsp3) is 0.188. The summed E-state index contributed by atoms with van der Waals surface area (Å²) >= 11 is 6.21. The third kappa shape index (κ3) is 4.67. The lowest BCUT2D eigenvalue weighted by Gasteiger charge is -2.15. The van der Waals surface area contributed by atoms with E-state index in [1.165, 1.54) is 12.1 Å². The highest BCUT2D eigenvalue weighted by atomic mass is 35.5. The SMILES string of the molecule is Cl.NC[C@H](CC(=O)O)c1ccc(Cl)c(-c2ccc([N+](=O)[O-])cc2)c1. The van der Waals surface area contributed by atoms with Crippen molar-refractivity contribution in [2.45, 2.75) is 12.3 Å². The molecule has 128 valence electrons. The number of non-ortho nitro benzene ring substituents is 1. The van der Waals surface area contributed by atoms with Crippen molar-refractivity contribution in [2.24, 2.45) is 5.73 Å². The lowest BCUT2D eigenvalue weighted by atomic mass is 9.92. The number of benzene rings is 2. The fourth-order valence-corrected chi connectivity index (χ4v) is 2.56. The van der Waals surface area contributed by atoms with E-state index in [2.05, 4.69) is 0 Å². The predicted octanol–water partition coefficient (Wildman–Crippen LogP) is 3.85. The van der Waals surface area contributed by atoms with Crippen molar-refractivity contribution in [3.8, 4) is 11.1 Å². The lowest BCUT2D eigenvalue weighted by molar-refractivity contribution is -0.384. The summed E-state index contributed by atoms with van der Waals surface area (Å²) in [6.07, 6.45) is -0.0716. The summed E-state index contributed by atoms with van der Waals surface area (Å²) in [4.78, 5) is 21.2. The Bertz CT molecular complexity index is 735. The van der Waals surface area contributed by atoms with E-state index in [0.29, 0.717) is 16.1 Å². The molecule has 2 aromatic rings. The molecule has 6 nitrogen and oxygen atoms in total. The predicted molar refractivity (Wildman–Crippen MR) is 94.8 cm³/mol. The maximum atomic E-state index is 10.9. The molecule has 0 bridgehead atoms. The van der Waals surface area contributed by atoms with Crippen LogP contribution in [0.15, 0.2) is 42.5 Å². The summed E-state index contributed by atoms with van der Waals surface area (Å²) in [6, 6.07) is 11.2. The van der Waals surface area contributed by atoms with Crippen molar-refractivity contribution in [3.05, 3.63) is 63.2 Å². The molecule has 0 unspecified atom stereocenters. The van der Waals surface area contributed by atoms with Crippen LogP contribution in [0, 0.1) is 10.1 Å². The van der Waals surface area contributed by atoms with E-state index in [-0.39, 0.29) is 37.0 Å². The average molecular weight is 371 g/mol. The van der Waals surface area contributed by atoms with Crippen molar-refractivity contribution in [2.75, 3.05) is 6.54 Å². The van der Waals surface area contributed by atoms with Gasteiger partial charge in [0, 0.05) is 28.6 Å². The second kappa shape index (κ2) is 8.63. The van der Waals surface area contributed by atoms with Gasteiger partial charge in [0.1, 0.15) is 0 Å². The molecule has 24 heavy (non-hydrogen) atoms. The minimum atomic E-state index is -0.924. The number of hydrogen-bond acceptors (Lipinski definition) is 4. The molecule has 0 heterocycles. The minimum absolute atomic E-state index is 0. The number of halogens is 2. The smallest absolute Gasteiger partial charge is 0.304 e. The number of carboxylic acids is 1. The Morgan fingerprint density at radius 1 is 1.25 bits per heavy atom. The van der Waals surface area contributed by atoms with Crippen LogP contribution in [0.2, 0.25) is 5.02 Å². The average Bonchev–Trinajstić information content (AvgIpc) is 2.53. The van der Waals surface area contributed by atoms with Crippen LogP contribution >= 0.6 is 24.0 Å². The summed E-state index contributed by atoms with van der Waals surface area (Å²) in [5.41, 5.74) is 7.82. The molecule has 0 fully saturated rings. The number of nitro groups is 1. The Labute approximate surface area is 149 Å². The molecule has 8 heteroatoms. The molecule has 0 saturated carbocycles. The number of carbonyl (C=O) groups is 1. The van der Waals surface area contributed by atoms with Crippen LogP contribution in [0.1, 0.15) is 17.9 Å². The summed E-state index contributed by atoms with van der Waals surface area (Å²) in [5, 5.41) is 20.1. The third-order valence-corrected chi connectivity index (χ3v) is 3.89. The van der Waals surface area contributed by atoms with Crippen LogP contribution in [0.5, 0.6) is 0 Å². The lowest BCUT2D eigenvalue weighted by Crippen LogP contribution is -2.16. The Balaban J connectivity index is 0.00000288. The summed E-state index contributed by atoms with van der Waals surface area (Å²) < 4.78 is 0. The number of hydrogen-bond donors (Lipinski definition) is 2. The van der Waals surface area contributed by atoms with Gasteiger partial charge < -0.3 is 10.8 Å². The first-order valence-corrected chi connectivity index (χ1v) is 7.26. The third-order valence-electron chi connectivity index (χ3n) is 3.56. The molecule has 0 amide bonds. The largest absolute Gasteiger partial charge is 0.481 e. The van der Waals surface area contributed by atoms with Crippen LogP contribution in [0.25, 0.3) is 11.1 Å². The molecule has 0 aromatic heterocycles. The number of nitrogens with two attached hydrogens (primary N) is 1. The summed E-state index contributed by atoms with van der Waals surface area (Å²) in [5.74, 6) is -1.24. The van der Waals surface area contributed by atoms with Gasteiger partial charge in [0.15, 0.2) is 0 Å². The van der Waals surface area contributed by atoms with Gasteiger partial charge in [-0.3, -0.25) is 14.9 Å². The summed E-state index contributed by atoms with van der Waals surface area (Å²) in [7, 11) is 0. The van der Waals surface area contributed by atoms with Crippen LogP contribution < -0.4 is 5.73 Å². The van der Waals surface area contributed by atoms with Crippen molar-refractivity contribution in [3.63, 3.8) is 0 Å². The number of nitro benzene ring substituents is 1. The maximum Gasteiger partial charge on any atom is 0.304 e. The number of nitrogens with zero attached hydrogens (tertiary/aromatic N) is 1. The zero-order valence-electron chi connectivity index (χ0n) is 12.5. The highest BCUT2D eigenvalue weighted by Crippen LogP contribution is 2.32. The van der Waals surface area contributed by atoms with Crippen molar-refractivity contribution < 1.29 is 14.8 Å². The molecule has 0 aliphatic rings. The van der Waals surface area contributed by atoms with Crippen LogP contribution in [0.3, 0.4) is 0 Å². The Morgan fingerprint density at radius 3 is 2.38 bits per heavy atom. The Hall–Kier alpha value is -2.15. The number of rotatable bonds is 6. The van der Waals surface area contributed by atoms with Gasteiger partial charge in [0.2, 0.25) is 0 Å². The molecule has 0 radical (unpaired) electrons. The number of carboxylic acid groups (broad SMARTS) is 1. The van der Waals surface area contributed by atoms with Crippen molar-refractivity contribution in [1.29, 1.82) is 0 Å². The number of aliphatic carboxylic acids is 1. The zero-order chi connectivity index (χ0) is 17.0. The van der Waals surface area contributed by atoms with E-state index >= 15 is 0 Å². The highest BCUT2D eigenvalue weighted by Gasteiger charge is 2.16. The van der Waals surface area contributed by atoms with E-state index in [1.807, 2.05) is 0 Å². The second-order valence-corrected chi connectivity index (χ2v) is 5.48. The van der Waals surface area contributed by atoms with Crippen LogP contribution in [-0.4, -0.2) is 22.5 Å². The van der Waals surface area contributed by atoms with Crippen LogP contribution in [-0.2, 0) is 4.79 Å². The molecule has 2 rings (SSSR count). The topological polar surface area (TPSA) is 106 Å². The first kappa shape index (κ1) is 19.9. The molecule has 0 aliphatic heterocycles. The molecular weight excluding hydrogens is 355 g/mol. The van der Waals surface area contributed by atoms with Crippen LogP contribution in [0.4, 0.5) is 5.69 Å². The molecule has 2 aromatic carbocycles. The quantitative estimate of drug-likeness (QED) is 0.592. The minimum Gasteiger partial charge on any atom is -0.481 e. The van der Waals surface area contributed by atoms with E-state index in [1.54, 1.807) is 30.3 Å². The van der Waals surface area contributed by atoms with Crippen molar-refractivity contribution in [1.82, 2.24) is 0 Å². The van der Waals surface area contributed by atoms with Gasteiger partial charge in [0.25, 0.3) is 5.69 Å². The van der Waals surface area contributed by atoms with Gasteiger partial charge in [0.05, 0.1) is 11.3 Å². The second-order valence-electron chi connectivity index (χ2n) is 5.07. The zero-order valence-corrected chi connectivity index (χ0v) is 14.1. The molecule has 1 atom stereocenters.